The Morgan fingerprint density at radius 3 is 1.92 bits per heavy atom. The number of benzene rings is 3. The molecule has 0 aliphatic carbocycles. The fraction of sp³-hybridized carbons (Fsp3) is 0.367. The maximum atomic E-state index is 14.6. The molecule has 9 heteroatoms. The molecule has 2 saturated heterocycles. The molecular formula is C30H33Cl2N3O4. The molecule has 2 aliphatic rings. The maximum absolute atomic E-state index is 14.6. The molecule has 2 N–H and O–H groups in total. The number of nitrogens with zero attached hydrogens (tertiary/aromatic N) is 1. The Balaban J connectivity index is 1.67. The van der Waals surface area contributed by atoms with E-state index in [-0.39, 0.29) is 18.0 Å². The van der Waals surface area contributed by atoms with Crippen LogP contribution in [-0.2, 0) is 15.2 Å². The van der Waals surface area contributed by atoms with Crippen LogP contribution in [0.1, 0.15) is 42.6 Å². The minimum atomic E-state index is -1.29. The molecule has 5 rings (SSSR count). The Labute approximate surface area is 239 Å². The number of hydrogen-bond acceptors (Lipinski definition) is 6. The second-order valence-corrected chi connectivity index (χ2v) is 10.4. The molecule has 2 unspecified atom stereocenters. The van der Waals surface area contributed by atoms with Crippen LogP contribution in [0, 0.1) is 0 Å². The second-order valence-electron chi connectivity index (χ2n) is 9.53. The van der Waals surface area contributed by atoms with E-state index in [1.54, 1.807) is 0 Å². The average Bonchev–Trinajstić information content (AvgIpc) is 3.36. The van der Waals surface area contributed by atoms with E-state index in [4.69, 9.17) is 37.4 Å². The minimum Gasteiger partial charge on any atom is -0.494 e. The SMILES string of the molecule is CCOc1ccc(C2(C(=O)N3CCOCC3)NC(c3ccc(Cl)cc3)C(c3ccc(Cl)cc3)N2)c(OCC)c1. The van der Waals surface area contributed by atoms with Gasteiger partial charge in [0.15, 0.2) is 5.66 Å². The van der Waals surface area contributed by atoms with Gasteiger partial charge in [-0.2, -0.15) is 0 Å². The van der Waals surface area contributed by atoms with E-state index in [1.807, 2.05) is 85.5 Å². The summed E-state index contributed by atoms with van der Waals surface area (Å²) in [5.41, 5.74) is 1.39. The van der Waals surface area contributed by atoms with Crippen molar-refractivity contribution in [2.45, 2.75) is 31.6 Å². The normalized spacial score (nSPS) is 23.0. The lowest BCUT2D eigenvalue weighted by Crippen LogP contribution is -2.60. The van der Waals surface area contributed by atoms with Crippen LogP contribution in [0.3, 0.4) is 0 Å². The van der Waals surface area contributed by atoms with Gasteiger partial charge in [-0.3, -0.25) is 15.4 Å². The highest BCUT2D eigenvalue weighted by Gasteiger charge is 2.54. The molecule has 2 atom stereocenters. The first-order chi connectivity index (χ1) is 18.9. The van der Waals surface area contributed by atoms with Gasteiger partial charge >= 0.3 is 0 Å². The van der Waals surface area contributed by atoms with Crippen LogP contribution in [0.25, 0.3) is 0 Å². The molecular weight excluding hydrogens is 537 g/mol. The lowest BCUT2D eigenvalue weighted by molar-refractivity contribution is -0.143. The molecule has 0 saturated carbocycles. The monoisotopic (exact) mass is 569 g/mol. The van der Waals surface area contributed by atoms with Crippen molar-refractivity contribution in [3.8, 4) is 11.5 Å². The third kappa shape index (κ3) is 5.74. The van der Waals surface area contributed by atoms with E-state index in [0.717, 1.165) is 11.1 Å². The summed E-state index contributed by atoms with van der Waals surface area (Å²) in [5, 5.41) is 8.75. The molecule has 7 nitrogen and oxygen atoms in total. The van der Waals surface area contributed by atoms with Crippen LogP contribution in [-0.4, -0.2) is 50.3 Å². The largest absolute Gasteiger partial charge is 0.494 e. The highest BCUT2D eigenvalue weighted by atomic mass is 35.5. The van der Waals surface area contributed by atoms with Gasteiger partial charge in [-0.15, -0.1) is 0 Å². The number of halogens is 2. The first-order valence-electron chi connectivity index (χ1n) is 13.3. The Hall–Kier alpha value is -2.81. The molecule has 3 aromatic rings. The predicted molar refractivity (Wildman–Crippen MR) is 153 cm³/mol. The van der Waals surface area contributed by atoms with Crippen molar-refractivity contribution in [1.29, 1.82) is 0 Å². The van der Waals surface area contributed by atoms with Gasteiger partial charge in [0.2, 0.25) is 0 Å². The summed E-state index contributed by atoms with van der Waals surface area (Å²) in [6, 6.07) is 20.5. The Kier molecular flexibility index (Phi) is 8.64. The molecule has 2 heterocycles. The first-order valence-corrected chi connectivity index (χ1v) is 14.0. The van der Waals surface area contributed by atoms with Crippen LogP contribution in [0.15, 0.2) is 66.7 Å². The highest BCUT2D eigenvalue weighted by Crippen LogP contribution is 2.45. The van der Waals surface area contributed by atoms with Gasteiger partial charge in [0, 0.05) is 34.8 Å². The van der Waals surface area contributed by atoms with Crippen LogP contribution in [0.4, 0.5) is 0 Å². The third-order valence-electron chi connectivity index (χ3n) is 7.12. The van der Waals surface area contributed by atoms with Gasteiger partial charge in [-0.1, -0.05) is 47.5 Å². The number of carbonyl (C=O) groups excluding carboxylic acids is 1. The average molecular weight is 571 g/mol. The summed E-state index contributed by atoms with van der Waals surface area (Å²) in [4.78, 5) is 16.4. The first kappa shape index (κ1) is 27.7. The zero-order valence-electron chi connectivity index (χ0n) is 22.1. The molecule has 0 aromatic heterocycles. The molecule has 1 amide bonds. The fourth-order valence-electron chi connectivity index (χ4n) is 5.31. The highest BCUT2D eigenvalue weighted by molar-refractivity contribution is 6.30. The molecule has 206 valence electrons. The van der Waals surface area contributed by atoms with E-state index in [2.05, 4.69) is 10.6 Å². The van der Waals surface area contributed by atoms with E-state index >= 15 is 0 Å². The molecule has 39 heavy (non-hydrogen) atoms. The van der Waals surface area contributed by atoms with Gasteiger partial charge in [0.1, 0.15) is 11.5 Å². The quantitative estimate of drug-likeness (QED) is 0.374. The summed E-state index contributed by atoms with van der Waals surface area (Å²) >= 11 is 12.5. The smallest absolute Gasteiger partial charge is 0.262 e. The fourth-order valence-corrected chi connectivity index (χ4v) is 5.56. The number of ether oxygens (including phenoxy) is 3. The van der Waals surface area contributed by atoms with Crippen molar-refractivity contribution in [3.05, 3.63) is 93.5 Å². The Bertz CT molecular complexity index is 1230. The van der Waals surface area contributed by atoms with E-state index in [0.29, 0.717) is 66.6 Å². The number of rotatable bonds is 8. The van der Waals surface area contributed by atoms with Crippen LogP contribution in [0.2, 0.25) is 10.0 Å². The third-order valence-corrected chi connectivity index (χ3v) is 7.63. The van der Waals surface area contributed by atoms with Crippen LogP contribution in [0.5, 0.6) is 11.5 Å². The van der Waals surface area contributed by atoms with E-state index in [9.17, 15) is 4.79 Å². The van der Waals surface area contributed by atoms with Gasteiger partial charge in [-0.05, 0) is 61.4 Å². The predicted octanol–water partition coefficient (Wildman–Crippen LogP) is 5.48. The Morgan fingerprint density at radius 2 is 1.41 bits per heavy atom. The number of carbonyl (C=O) groups is 1. The zero-order valence-corrected chi connectivity index (χ0v) is 23.6. The van der Waals surface area contributed by atoms with Crippen molar-refractivity contribution >= 4 is 29.1 Å². The molecule has 0 radical (unpaired) electrons. The minimum absolute atomic E-state index is 0.0914. The van der Waals surface area contributed by atoms with Crippen molar-refractivity contribution in [3.63, 3.8) is 0 Å². The van der Waals surface area contributed by atoms with Gasteiger partial charge in [0.05, 0.1) is 38.5 Å². The van der Waals surface area contributed by atoms with Gasteiger partial charge in [-0.25, -0.2) is 0 Å². The van der Waals surface area contributed by atoms with Crippen molar-refractivity contribution < 1.29 is 19.0 Å². The van der Waals surface area contributed by atoms with Gasteiger partial charge in [0.25, 0.3) is 5.91 Å². The van der Waals surface area contributed by atoms with Crippen molar-refractivity contribution in [1.82, 2.24) is 15.5 Å². The van der Waals surface area contributed by atoms with E-state index in [1.165, 1.54) is 0 Å². The second kappa shape index (κ2) is 12.1. The number of nitrogens with one attached hydrogen (secondary N) is 2. The molecule has 0 spiro atoms. The number of amides is 1. The molecule has 2 fully saturated rings. The molecule has 2 aliphatic heterocycles. The molecule has 3 aromatic carbocycles. The summed E-state index contributed by atoms with van der Waals surface area (Å²) < 4.78 is 17.4. The topological polar surface area (TPSA) is 72.1 Å². The van der Waals surface area contributed by atoms with E-state index < -0.39 is 5.66 Å². The number of morpholine rings is 1. The zero-order chi connectivity index (χ0) is 27.4. The maximum Gasteiger partial charge on any atom is 0.262 e. The number of hydrogen-bond donors (Lipinski definition) is 2. The van der Waals surface area contributed by atoms with Crippen molar-refractivity contribution in [2.75, 3.05) is 39.5 Å². The molecule has 0 bridgehead atoms. The lowest BCUT2D eigenvalue weighted by atomic mass is 9.95. The summed E-state index contributed by atoms with van der Waals surface area (Å²) in [7, 11) is 0. The summed E-state index contributed by atoms with van der Waals surface area (Å²) in [6.07, 6.45) is 0. The lowest BCUT2D eigenvalue weighted by Gasteiger charge is -2.38. The summed E-state index contributed by atoms with van der Waals surface area (Å²) in [6.45, 7) is 6.81. The standard InChI is InChI=1S/C30H33Cl2N3O4/c1-3-38-24-13-14-25(26(19-24)39-4-2)30(29(36)35-15-17-37-18-16-35)33-27(20-5-9-22(31)10-6-20)28(34-30)21-7-11-23(32)12-8-21/h5-14,19,27-28,33-34H,3-4,15-18H2,1-2H3. The van der Waals surface area contributed by atoms with Crippen LogP contribution < -0.4 is 20.1 Å². The van der Waals surface area contributed by atoms with Gasteiger partial charge < -0.3 is 19.1 Å². The van der Waals surface area contributed by atoms with Crippen molar-refractivity contribution in [2.24, 2.45) is 0 Å². The Morgan fingerprint density at radius 1 is 0.872 bits per heavy atom. The summed E-state index contributed by atoms with van der Waals surface area (Å²) in [5.74, 6) is 1.17. The van der Waals surface area contributed by atoms with Crippen LogP contribution >= 0.6 is 23.2 Å².